The highest BCUT2D eigenvalue weighted by molar-refractivity contribution is 6.00. The lowest BCUT2D eigenvalue weighted by Gasteiger charge is -2.47. The Balaban J connectivity index is 2.16. The van der Waals surface area contributed by atoms with Crippen molar-refractivity contribution in [3.8, 4) is 5.75 Å². The SMILES string of the molecule is COC(=O)[C@@]1(CC(=O)c2ccc(OC)cc2)C[C@@H]2OC(=O)N(C(C)=O)[C@H]2[C@H]([C@H](OC(C)=O)[C@@H](COC(C)=O)OC(C)=O)O1. The standard InChI is InChI=1S/C28H33NO14/c1-14(30)29-23-21(42-27(29)36)12-28(26(35)38-6,11-20(34)18-7-9-19(37-5)10-8-18)43-25(23)24(41-17(4)33)22(40-16(3)32)13-39-15(2)31/h7-10,21-25H,11-13H2,1-6H3/t21-,22+,23+,24+,25+,28+/m0/s1. The summed E-state index contributed by atoms with van der Waals surface area (Å²) in [7, 11) is 2.51. The molecule has 15 heteroatoms. The van der Waals surface area contributed by atoms with Crippen LogP contribution >= 0.6 is 0 Å². The molecule has 2 amide bonds. The third-order valence-electron chi connectivity index (χ3n) is 6.87. The maximum Gasteiger partial charge on any atom is 0.417 e. The predicted octanol–water partition coefficient (Wildman–Crippen LogP) is 1.13. The first-order chi connectivity index (χ1) is 20.2. The smallest absolute Gasteiger partial charge is 0.417 e. The number of ketones is 1. The minimum absolute atomic E-state index is 0.185. The van der Waals surface area contributed by atoms with E-state index >= 15 is 0 Å². The molecule has 234 valence electrons. The third-order valence-corrected chi connectivity index (χ3v) is 6.87. The molecule has 0 aliphatic carbocycles. The summed E-state index contributed by atoms with van der Waals surface area (Å²) in [6, 6.07) is 4.70. The van der Waals surface area contributed by atoms with Crippen LogP contribution in [-0.4, -0.2) is 103 Å². The number of amides is 2. The number of hydrogen-bond donors (Lipinski definition) is 0. The second-order valence-electron chi connectivity index (χ2n) is 9.93. The van der Waals surface area contributed by atoms with Gasteiger partial charge in [-0.3, -0.25) is 24.0 Å². The van der Waals surface area contributed by atoms with Crippen molar-refractivity contribution >= 4 is 41.7 Å². The van der Waals surface area contributed by atoms with Crippen LogP contribution in [0.15, 0.2) is 24.3 Å². The number of Topliss-reactive ketones (excluding diaryl/α,β-unsaturated/α-hetero) is 1. The predicted molar refractivity (Wildman–Crippen MR) is 140 cm³/mol. The number of methoxy groups -OCH3 is 2. The molecule has 2 aliphatic heterocycles. The molecule has 0 saturated carbocycles. The maximum absolute atomic E-state index is 13.5. The van der Waals surface area contributed by atoms with Crippen LogP contribution in [-0.2, 0) is 52.4 Å². The first-order valence-corrected chi connectivity index (χ1v) is 13.1. The first kappa shape index (κ1) is 33.0. The van der Waals surface area contributed by atoms with Crippen LogP contribution < -0.4 is 4.74 Å². The minimum Gasteiger partial charge on any atom is -0.497 e. The summed E-state index contributed by atoms with van der Waals surface area (Å²) in [6.45, 7) is 3.62. The number of esters is 4. The first-order valence-electron chi connectivity index (χ1n) is 13.1. The summed E-state index contributed by atoms with van der Waals surface area (Å²) in [5.41, 5.74) is -1.95. The maximum atomic E-state index is 13.5. The zero-order valence-corrected chi connectivity index (χ0v) is 24.5. The Kier molecular flexibility index (Phi) is 10.5. The Bertz CT molecular complexity index is 1280. The highest BCUT2D eigenvalue weighted by Crippen LogP contribution is 2.43. The van der Waals surface area contributed by atoms with Crippen LogP contribution in [0.5, 0.6) is 5.75 Å². The normalized spacial score (nSPS) is 24.0. The summed E-state index contributed by atoms with van der Waals surface area (Å²) in [5.74, 6) is -4.42. The van der Waals surface area contributed by atoms with Crippen molar-refractivity contribution in [2.75, 3.05) is 20.8 Å². The second kappa shape index (κ2) is 13.6. The highest BCUT2D eigenvalue weighted by Gasteiger charge is 2.63. The van der Waals surface area contributed by atoms with Crippen molar-refractivity contribution in [3.63, 3.8) is 0 Å². The molecule has 3 rings (SSSR count). The molecule has 0 unspecified atom stereocenters. The number of ether oxygens (including phenoxy) is 7. The summed E-state index contributed by atoms with van der Waals surface area (Å²) >= 11 is 0. The molecule has 0 spiro atoms. The van der Waals surface area contributed by atoms with Crippen molar-refractivity contribution in [1.29, 1.82) is 0 Å². The van der Waals surface area contributed by atoms with Crippen LogP contribution in [0.3, 0.4) is 0 Å². The fourth-order valence-electron chi connectivity index (χ4n) is 5.16. The van der Waals surface area contributed by atoms with Gasteiger partial charge in [0.1, 0.15) is 30.6 Å². The summed E-state index contributed by atoms with van der Waals surface area (Å²) < 4.78 is 37.7. The molecule has 0 N–H and O–H groups in total. The van der Waals surface area contributed by atoms with Gasteiger partial charge in [0.05, 0.1) is 20.6 Å². The lowest BCUT2D eigenvalue weighted by molar-refractivity contribution is -0.236. The molecule has 1 aromatic carbocycles. The molecule has 43 heavy (non-hydrogen) atoms. The van der Waals surface area contributed by atoms with Gasteiger partial charge >= 0.3 is 30.0 Å². The van der Waals surface area contributed by atoms with Gasteiger partial charge in [0, 0.05) is 39.7 Å². The van der Waals surface area contributed by atoms with Crippen molar-refractivity contribution in [2.24, 2.45) is 0 Å². The summed E-state index contributed by atoms with van der Waals surface area (Å²) in [4.78, 5) is 89.0. The lowest BCUT2D eigenvalue weighted by atomic mass is 9.80. The molecule has 1 aromatic rings. The van der Waals surface area contributed by atoms with E-state index < -0.39 is 97.2 Å². The quantitative estimate of drug-likeness (QED) is 0.198. The van der Waals surface area contributed by atoms with Crippen molar-refractivity contribution in [1.82, 2.24) is 4.90 Å². The number of carbonyl (C=O) groups is 7. The monoisotopic (exact) mass is 607 g/mol. The molecule has 2 saturated heterocycles. The van der Waals surface area contributed by atoms with Gasteiger partial charge in [0.15, 0.2) is 23.6 Å². The topological polar surface area (TPSA) is 187 Å². The largest absolute Gasteiger partial charge is 0.497 e. The molecule has 2 heterocycles. The number of fused-ring (bicyclic) bond motifs is 1. The molecule has 6 atom stereocenters. The number of benzene rings is 1. The zero-order chi connectivity index (χ0) is 32.1. The van der Waals surface area contributed by atoms with E-state index in [1.807, 2.05) is 0 Å². The Labute approximate surface area is 246 Å². The van der Waals surface area contributed by atoms with E-state index in [1.165, 1.54) is 31.4 Å². The lowest BCUT2D eigenvalue weighted by Crippen LogP contribution is -2.66. The molecule has 2 fully saturated rings. The van der Waals surface area contributed by atoms with Crippen LogP contribution in [0, 0.1) is 0 Å². The number of rotatable bonds is 11. The molecular formula is C28H33NO14. The van der Waals surface area contributed by atoms with Gasteiger partial charge in [-0.05, 0) is 24.3 Å². The molecule has 15 nitrogen and oxygen atoms in total. The number of nitrogens with zero attached hydrogens (tertiary/aromatic N) is 1. The second-order valence-corrected chi connectivity index (χ2v) is 9.93. The van der Waals surface area contributed by atoms with Gasteiger partial charge < -0.3 is 33.2 Å². The Morgan fingerprint density at radius 2 is 1.58 bits per heavy atom. The van der Waals surface area contributed by atoms with Gasteiger partial charge in [0.25, 0.3) is 0 Å². The van der Waals surface area contributed by atoms with Crippen molar-refractivity contribution in [2.45, 2.75) is 76.6 Å². The van der Waals surface area contributed by atoms with E-state index in [9.17, 15) is 33.6 Å². The van der Waals surface area contributed by atoms with Crippen LogP contribution in [0.25, 0.3) is 0 Å². The Morgan fingerprint density at radius 1 is 0.953 bits per heavy atom. The number of carbonyl (C=O) groups excluding carboxylic acids is 7. The van der Waals surface area contributed by atoms with Crippen LogP contribution in [0.2, 0.25) is 0 Å². The Hall–Kier alpha value is -4.53. The zero-order valence-electron chi connectivity index (χ0n) is 24.5. The van der Waals surface area contributed by atoms with E-state index in [1.54, 1.807) is 0 Å². The van der Waals surface area contributed by atoms with Gasteiger partial charge in [0.2, 0.25) is 5.91 Å². The number of hydrogen-bond acceptors (Lipinski definition) is 14. The molecular weight excluding hydrogens is 574 g/mol. The minimum atomic E-state index is -2.13. The van der Waals surface area contributed by atoms with Gasteiger partial charge in [-0.15, -0.1) is 0 Å². The summed E-state index contributed by atoms with van der Waals surface area (Å²) in [6.07, 6.45) is -8.24. The Morgan fingerprint density at radius 3 is 2.09 bits per heavy atom. The average molecular weight is 608 g/mol. The van der Waals surface area contributed by atoms with Crippen LogP contribution in [0.4, 0.5) is 4.79 Å². The van der Waals surface area contributed by atoms with Gasteiger partial charge in [-0.25, -0.2) is 14.5 Å². The van der Waals surface area contributed by atoms with E-state index in [4.69, 9.17) is 33.2 Å². The van der Waals surface area contributed by atoms with Crippen LogP contribution in [0.1, 0.15) is 50.9 Å². The fraction of sp³-hybridized carbons (Fsp3) is 0.536. The van der Waals surface area contributed by atoms with E-state index in [-0.39, 0.29) is 5.56 Å². The van der Waals surface area contributed by atoms with E-state index in [0.29, 0.717) is 5.75 Å². The highest BCUT2D eigenvalue weighted by atomic mass is 16.6. The van der Waals surface area contributed by atoms with Gasteiger partial charge in [-0.1, -0.05) is 0 Å². The fourth-order valence-corrected chi connectivity index (χ4v) is 5.16. The summed E-state index contributed by atoms with van der Waals surface area (Å²) in [5, 5.41) is 0. The molecule has 0 radical (unpaired) electrons. The number of imide groups is 1. The van der Waals surface area contributed by atoms with E-state index in [0.717, 1.165) is 39.7 Å². The molecule has 0 aromatic heterocycles. The third kappa shape index (κ3) is 7.46. The van der Waals surface area contributed by atoms with Crippen molar-refractivity contribution in [3.05, 3.63) is 29.8 Å². The van der Waals surface area contributed by atoms with Crippen molar-refractivity contribution < 1.29 is 66.7 Å². The average Bonchev–Trinajstić information content (AvgIpc) is 3.28. The molecule has 2 aliphatic rings. The molecule has 0 bridgehead atoms. The van der Waals surface area contributed by atoms with Gasteiger partial charge in [-0.2, -0.15) is 0 Å². The van der Waals surface area contributed by atoms with E-state index in [2.05, 4.69) is 0 Å².